The van der Waals surface area contributed by atoms with Gasteiger partial charge in [-0.1, -0.05) is 6.08 Å². The molecule has 1 unspecified atom stereocenters. The van der Waals surface area contributed by atoms with Crippen molar-refractivity contribution in [3.8, 4) is 0 Å². The third kappa shape index (κ3) is 4.68. The number of sulfonamides is 1. The van der Waals surface area contributed by atoms with E-state index in [0.29, 0.717) is 18.5 Å². The number of sulfone groups is 1. The van der Waals surface area contributed by atoms with E-state index in [1.165, 1.54) is 35.2 Å². The first kappa shape index (κ1) is 19.6. The molecule has 138 valence electrons. The van der Waals surface area contributed by atoms with E-state index >= 15 is 0 Å². The minimum Gasteiger partial charge on any atom is -0.335 e. The summed E-state index contributed by atoms with van der Waals surface area (Å²) in [6.45, 7) is 5.75. The van der Waals surface area contributed by atoms with E-state index in [-0.39, 0.29) is 34.9 Å². The van der Waals surface area contributed by atoms with Crippen LogP contribution in [0.3, 0.4) is 0 Å². The van der Waals surface area contributed by atoms with Crippen LogP contribution < -0.4 is 4.72 Å². The van der Waals surface area contributed by atoms with E-state index in [2.05, 4.69) is 11.3 Å². The van der Waals surface area contributed by atoms with Crippen molar-refractivity contribution >= 4 is 25.8 Å². The van der Waals surface area contributed by atoms with Crippen molar-refractivity contribution in [3.63, 3.8) is 0 Å². The van der Waals surface area contributed by atoms with Crippen LogP contribution in [0.1, 0.15) is 23.7 Å². The van der Waals surface area contributed by atoms with Crippen LogP contribution in [0, 0.1) is 0 Å². The van der Waals surface area contributed by atoms with E-state index in [9.17, 15) is 21.6 Å². The van der Waals surface area contributed by atoms with Crippen LogP contribution in [0.2, 0.25) is 0 Å². The van der Waals surface area contributed by atoms with Crippen molar-refractivity contribution in [1.29, 1.82) is 0 Å². The van der Waals surface area contributed by atoms with Crippen molar-refractivity contribution in [2.75, 3.05) is 24.6 Å². The maximum atomic E-state index is 12.7. The molecule has 1 saturated heterocycles. The number of amides is 1. The van der Waals surface area contributed by atoms with E-state index in [1.807, 2.05) is 0 Å². The van der Waals surface area contributed by atoms with Crippen LogP contribution in [0.4, 0.5) is 0 Å². The van der Waals surface area contributed by atoms with Crippen LogP contribution in [0.15, 0.2) is 41.8 Å². The van der Waals surface area contributed by atoms with Crippen molar-refractivity contribution < 1.29 is 21.6 Å². The highest BCUT2D eigenvalue weighted by Crippen LogP contribution is 2.20. The molecule has 0 aliphatic carbocycles. The molecule has 1 amide bonds. The lowest BCUT2D eigenvalue weighted by Crippen LogP contribution is -2.41. The molecule has 0 aromatic heterocycles. The summed E-state index contributed by atoms with van der Waals surface area (Å²) in [6.07, 6.45) is 1.87. The second kappa shape index (κ2) is 7.67. The van der Waals surface area contributed by atoms with E-state index < -0.39 is 19.9 Å². The maximum Gasteiger partial charge on any atom is 0.254 e. The van der Waals surface area contributed by atoms with Gasteiger partial charge in [0.25, 0.3) is 5.91 Å². The van der Waals surface area contributed by atoms with Gasteiger partial charge in [-0.2, -0.15) is 0 Å². The standard InChI is InChI=1S/C16H22N2O5S2/c1-3-10-17-25(22,23)15-7-5-13(6-8-15)16(19)18(4-2)14-9-11-24(20,21)12-14/h3,5-8,14,17H,1,4,9-12H2,2H3. The number of carbonyl (C=O) groups is 1. The van der Waals surface area contributed by atoms with Gasteiger partial charge in [0.15, 0.2) is 9.84 Å². The van der Waals surface area contributed by atoms with Gasteiger partial charge in [0.2, 0.25) is 10.0 Å². The van der Waals surface area contributed by atoms with Gasteiger partial charge in [-0.25, -0.2) is 21.6 Å². The topological polar surface area (TPSA) is 101 Å². The normalized spacial score (nSPS) is 19.5. The van der Waals surface area contributed by atoms with Gasteiger partial charge in [0, 0.05) is 24.7 Å². The molecular weight excluding hydrogens is 364 g/mol. The fraction of sp³-hybridized carbons (Fsp3) is 0.438. The second-order valence-corrected chi connectivity index (χ2v) is 9.81. The first-order chi connectivity index (χ1) is 11.7. The Hall–Kier alpha value is -1.71. The average Bonchev–Trinajstić information content (AvgIpc) is 2.93. The lowest BCUT2D eigenvalue weighted by molar-refractivity contribution is 0.0708. The molecule has 1 aromatic rings. The summed E-state index contributed by atoms with van der Waals surface area (Å²) in [6, 6.07) is 5.27. The Morgan fingerprint density at radius 2 is 2.00 bits per heavy atom. The quantitative estimate of drug-likeness (QED) is 0.699. The Bertz CT molecular complexity index is 845. The summed E-state index contributed by atoms with van der Waals surface area (Å²) in [5.74, 6) is -0.231. The largest absolute Gasteiger partial charge is 0.335 e. The van der Waals surface area contributed by atoms with Crippen molar-refractivity contribution in [2.45, 2.75) is 24.3 Å². The SMILES string of the molecule is C=CCNS(=O)(=O)c1ccc(C(=O)N(CC)C2CCS(=O)(=O)C2)cc1. The van der Waals surface area contributed by atoms with Crippen LogP contribution in [0.5, 0.6) is 0 Å². The number of carbonyl (C=O) groups excluding carboxylic acids is 1. The zero-order chi connectivity index (χ0) is 18.7. The van der Waals surface area contributed by atoms with Gasteiger partial charge >= 0.3 is 0 Å². The van der Waals surface area contributed by atoms with Gasteiger partial charge in [-0.05, 0) is 37.6 Å². The lowest BCUT2D eigenvalue weighted by atomic mass is 10.1. The molecule has 25 heavy (non-hydrogen) atoms. The number of hydrogen-bond donors (Lipinski definition) is 1. The van der Waals surface area contributed by atoms with Crippen LogP contribution >= 0.6 is 0 Å². The van der Waals surface area contributed by atoms with E-state index in [4.69, 9.17) is 0 Å². The van der Waals surface area contributed by atoms with Crippen molar-refractivity contribution in [3.05, 3.63) is 42.5 Å². The molecule has 7 nitrogen and oxygen atoms in total. The number of hydrogen-bond acceptors (Lipinski definition) is 5. The Balaban J connectivity index is 2.18. The van der Waals surface area contributed by atoms with E-state index in [1.54, 1.807) is 6.92 Å². The highest BCUT2D eigenvalue weighted by Gasteiger charge is 2.34. The molecule has 0 radical (unpaired) electrons. The smallest absolute Gasteiger partial charge is 0.254 e. The summed E-state index contributed by atoms with van der Waals surface area (Å²) in [4.78, 5) is 14.2. The predicted octanol–water partition coefficient (Wildman–Crippen LogP) is 0.800. The van der Waals surface area contributed by atoms with Crippen molar-refractivity contribution in [1.82, 2.24) is 9.62 Å². The molecule has 1 aromatic carbocycles. The molecule has 1 heterocycles. The first-order valence-corrected chi connectivity index (χ1v) is 11.2. The fourth-order valence-electron chi connectivity index (χ4n) is 2.78. The zero-order valence-corrected chi connectivity index (χ0v) is 15.6. The Morgan fingerprint density at radius 3 is 2.48 bits per heavy atom. The Morgan fingerprint density at radius 1 is 1.36 bits per heavy atom. The van der Waals surface area contributed by atoms with Crippen LogP contribution in [-0.4, -0.2) is 58.3 Å². The van der Waals surface area contributed by atoms with Crippen LogP contribution in [0.25, 0.3) is 0 Å². The number of nitrogens with zero attached hydrogens (tertiary/aromatic N) is 1. The first-order valence-electron chi connectivity index (χ1n) is 7.92. The van der Waals surface area contributed by atoms with E-state index in [0.717, 1.165) is 0 Å². The Labute approximate surface area is 148 Å². The fourth-order valence-corrected chi connectivity index (χ4v) is 5.51. The third-order valence-corrected chi connectivity index (χ3v) is 7.27. The summed E-state index contributed by atoms with van der Waals surface area (Å²) in [7, 11) is -6.74. The predicted molar refractivity (Wildman–Crippen MR) is 95.6 cm³/mol. The molecular formula is C16H22N2O5S2. The second-order valence-electron chi connectivity index (χ2n) is 5.81. The minimum atomic E-state index is -3.65. The molecule has 0 saturated carbocycles. The van der Waals surface area contributed by atoms with Crippen molar-refractivity contribution in [2.24, 2.45) is 0 Å². The van der Waals surface area contributed by atoms with Gasteiger partial charge in [0.05, 0.1) is 16.4 Å². The minimum absolute atomic E-state index is 0.0233. The van der Waals surface area contributed by atoms with Crippen LogP contribution in [-0.2, 0) is 19.9 Å². The molecule has 1 N–H and O–H groups in total. The summed E-state index contributed by atoms with van der Waals surface area (Å²) in [5, 5.41) is 0. The maximum absolute atomic E-state index is 12.7. The van der Waals surface area contributed by atoms with Gasteiger partial charge in [-0.15, -0.1) is 6.58 Å². The van der Waals surface area contributed by atoms with Gasteiger partial charge < -0.3 is 4.90 Å². The molecule has 1 atom stereocenters. The molecule has 9 heteroatoms. The summed E-state index contributed by atoms with van der Waals surface area (Å²) in [5.41, 5.74) is 0.328. The molecule has 1 aliphatic heterocycles. The summed E-state index contributed by atoms with van der Waals surface area (Å²) < 4.78 is 49.7. The zero-order valence-electron chi connectivity index (χ0n) is 14.0. The highest BCUT2D eigenvalue weighted by molar-refractivity contribution is 7.91. The monoisotopic (exact) mass is 386 g/mol. The summed E-state index contributed by atoms with van der Waals surface area (Å²) >= 11 is 0. The molecule has 1 aliphatic rings. The third-order valence-electron chi connectivity index (χ3n) is 4.08. The molecule has 2 rings (SSSR count). The molecule has 0 bridgehead atoms. The number of nitrogens with one attached hydrogen (secondary N) is 1. The Kier molecular flexibility index (Phi) is 6.02. The highest BCUT2D eigenvalue weighted by atomic mass is 32.2. The molecule has 0 spiro atoms. The van der Waals surface area contributed by atoms with Gasteiger partial charge in [-0.3, -0.25) is 4.79 Å². The number of benzene rings is 1. The average molecular weight is 386 g/mol. The molecule has 1 fully saturated rings. The van der Waals surface area contributed by atoms with Gasteiger partial charge in [0.1, 0.15) is 0 Å². The lowest BCUT2D eigenvalue weighted by Gasteiger charge is -2.27. The number of rotatable bonds is 7.